The lowest BCUT2D eigenvalue weighted by Gasteiger charge is -2.18. The molecule has 2 rings (SSSR count). The van der Waals surface area contributed by atoms with Crippen LogP contribution in [0, 0.1) is 10.7 Å². The van der Waals surface area contributed by atoms with Gasteiger partial charge in [0.25, 0.3) is 0 Å². The van der Waals surface area contributed by atoms with E-state index in [-0.39, 0.29) is 26.2 Å². The molecule has 0 aromatic heterocycles. The smallest absolute Gasteiger partial charge is 0.400 e. The van der Waals surface area contributed by atoms with E-state index in [9.17, 15) is 31.2 Å². The molecule has 0 radical (unpaired) electrons. The summed E-state index contributed by atoms with van der Waals surface area (Å²) in [5, 5.41) is -5.08. The SMILES string of the molecule is C=Cc1cc(I)c(C(=O)OCCC(F)C(F)(F)S(=O)(=O)O)c(OC(=O)c2cc(I)cc(I)c2OC)c1. The number of rotatable bonds is 10. The summed E-state index contributed by atoms with van der Waals surface area (Å²) in [4.78, 5) is 25.7. The van der Waals surface area contributed by atoms with Gasteiger partial charge in [0, 0.05) is 13.6 Å². The molecule has 0 spiro atoms. The third-order valence-electron chi connectivity index (χ3n) is 4.46. The average molecular weight is 866 g/mol. The van der Waals surface area contributed by atoms with E-state index < -0.39 is 46.5 Å². The minimum Gasteiger partial charge on any atom is -0.495 e. The molecule has 0 saturated heterocycles. The van der Waals surface area contributed by atoms with Crippen molar-refractivity contribution in [2.24, 2.45) is 0 Å². The maximum absolute atomic E-state index is 13.7. The molecule has 0 fully saturated rings. The zero-order valence-electron chi connectivity index (χ0n) is 18.1. The molecule has 0 bridgehead atoms. The van der Waals surface area contributed by atoms with Crippen molar-refractivity contribution in [3.05, 3.63) is 58.2 Å². The zero-order valence-corrected chi connectivity index (χ0v) is 25.4. The van der Waals surface area contributed by atoms with Gasteiger partial charge in [-0.15, -0.1) is 0 Å². The molecule has 15 heteroatoms. The first-order chi connectivity index (χ1) is 16.6. The molecule has 0 aliphatic heterocycles. The van der Waals surface area contributed by atoms with Crippen LogP contribution in [0.25, 0.3) is 6.08 Å². The highest BCUT2D eigenvalue weighted by molar-refractivity contribution is 14.1. The number of carbonyl (C=O) groups is 2. The summed E-state index contributed by atoms with van der Waals surface area (Å²) in [6.45, 7) is 2.67. The van der Waals surface area contributed by atoms with Crippen molar-refractivity contribution >= 4 is 95.9 Å². The van der Waals surface area contributed by atoms with Crippen molar-refractivity contribution in [1.82, 2.24) is 0 Å². The predicted octanol–water partition coefficient (Wildman–Crippen LogP) is 5.74. The second-order valence-electron chi connectivity index (χ2n) is 6.87. The molecule has 2 aromatic rings. The number of methoxy groups -OCH3 is 1. The molecule has 0 amide bonds. The first-order valence-corrected chi connectivity index (χ1v) is 14.2. The van der Waals surface area contributed by atoms with Gasteiger partial charge in [-0.1, -0.05) is 12.7 Å². The Balaban J connectivity index is 2.34. The van der Waals surface area contributed by atoms with Gasteiger partial charge in [0.05, 0.1) is 17.3 Å². The first-order valence-electron chi connectivity index (χ1n) is 9.51. The summed E-state index contributed by atoms with van der Waals surface area (Å²) in [7, 11) is -4.64. The number of halogens is 6. The van der Waals surface area contributed by atoms with Crippen LogP contribution in [0.4, 0.5) is 13.2 Å². The third-order valence-corrected chi connectivity index (χ3v) is 7.68. The van der Waals surface area contributed by atoms with Crippen molar-refractivity contribution in [1.29, 1.82) is 0 Å². The Kier molecular flexibility index (Phi) is 10.8. The monoisotopic (exact) mass is 866 g/mol. The lowest BCUT2D eigenvalue weighted by molar-refractivity contribution is -0.0163. The van der Waals surface area contributed by atoms with Gasteiger partial charge in [-0.3, -0.25) is 4.55 Å². The zero-order chi connectivity index (χ0) is 27.4. The second-order valence-corrected chi connectivity index (χ2v) is 11.9. The van der Waals surface area contributed by atoms with E-state index in [0.717, 1.165) is 0 Å². The fourth-order valence-electron chi connectivity index (χ4n) is 2.73. The number of alkyl halides is 3. The van der Waals surface area contributed by atoms with Crippen molar-refractivity contribution in [3.8, 4) is 11.5 Å². The minimum absolute atomic E-state index is 0.0693. The van der Waals surface area contributed by atoms with Crippen LogP contribution in [0.3, 0.4) is 0 Å². The van der Waals surface area contributed by atoms with E-state index >= 15 is 0 Å². The van der Waals surface area contributed by atoms with Crippen LogP contribution in [0.15, 0.2) is 30.8 Å². The number of hydrogen-bond donors (Lipinski definition) is 1. The molecule has 0 heterocycles. The van der Waals surface area contributed by atoms with E-state index in [4.69, 9.17) is 18.8 Å². The van der Waals surface area contributed by atoms with Crippen molar-refractivity contribution in [2.45, 2.75) is 17.8 Å². The Morgan fingerprint density at radius 1 is 1.14 bits per heavy atom. The summed E-state index contributed by atoms with van der Waals surface area (Å²) >= 11 is 5.73. The van der Waals surface area contributed by atoms with E-state index in [1.54, 1.807) is 28.7 Å². The molecule has 1 unspecified atom stereocenters. The highest BCUT2D eigenvalue weighted by Gasteiger charge is 2.52. The fourth-order valence-corrected chi connectivity index (χ4v) is 6.08. The van der Waals surface area contributed by atoms with Crippen LogP contribution in [0.2, 0.25) is 0 Å². The van der Waals surface area contributed by atoms with E-state index in [0.29, 0.717) is 12.7 Å². The molecule has 2 aromatic carbocycles. The maximum Gasteiger partial charge on any atom is 0.400 e. The van der Waals surface area contributed by atoms with Gasteiger partial charge in [-0.05, 0) is 97.6 Å². The number of benzene rings is 2. The average Bonchev–Trinajstić information content (AvgIpc) is 2.77. The quantitative estimate of drug-likeness (QED) is 0.139. The molecule has 0 saturated carbocycles. The minimum atomic E-state index is -6.01. The molecule has 1 N–H and O–H groups in total. The van der Waals surface area contributed by atoms with E-state index in [2.05, 4.69) is 6.58 Å². The largest absolute Gasteiger partial charge is 0.495 e. The topological polar surface area (TPSA) is 116 Å². The second kappa shape index (κ2) is 12.6. The standard InChI is InChI=1S/C21H16F3I3O8S/c1-3-10-6-13(26)17(20(29)34-5-4-16(22)21(23,24)36(30,31)32)15(7-10)35-19(28)12-8-11(25)9-14(27)18(12)33-2/h3,6-9,16H,1,4-5H2,2H3,(H,30,31,32). The van der Waals surface area contributed by atoms with Gasteiger partial charge in [0.2, 0.25) is 0 Å². The first kappa shape index (κ1) is 31.0. The van der Waals surface area contributed by atoms with Crippen molar-refractivity contribution in [3.63, 3.8) is 0 Å². The van der Waals surface area contributed by atoms with Crippen molar-refractivity contribution in [2.75, 3.05) is 13.7 Å². The third kappa shape index (κ3) is 7.22. The van der Waals surface area contributed by atoms with Gasteiger partial charge < -0.3 is 14.2 Å². The Bertz CT molecular complexity index is 1300. The summed E-state index contributed by atoms with van der Waals surface area (Å²) in [6.07, 6.45) is -3.14. The maximum atomic E-state index is 13.7. The van der Waals surface area contributed by atoms with Gasteiger partial charge >= 0.3 is 27.3 Å². The van der Waals surface area contributed by atoms with Gasteiger partial charge in [0.1, 0.15) is 22.6 Å². The summed E-state index contributed by atoms with van der Waals surface area (Å²) in [5.74, 6) is -2.02. The van der Waals surface area contributed by atoms with Crippen LogP contribution < -0.4 is 9.47 Å². The van der Waals surface area contributed by atoms with Gasteiger partial charge in [-0.25, -0.2) is 14.0 Å². The Hall–Kier alpha value is -1.19. The van der Waals surface area contributed by atoms with E-state index in [1.807, 2.05) is 45.2 Å². The van der Waals surface area contributed by atoms with Crippen molar-refractivity contribution < 1.29 is 49.9 Å². The molecule has 196 valence electrons. The molecule has 1 atom stereocenters. The number of ether oxygens (including phenoxy) is 3. The van der Waals surface area contributed by atoms with Crippen LogP contribution in [-0.2, 0) is 14.9 Å². The highest BCUT2D eigenvalue weighted by Crippen LogP contribution is 2.33. The number of esters is 2. The van der Waals surface area contributed by atoms with Crippen LogP contribution in [0.5, 0.6) is 11.5 Å². The fraction of sp³-hybridized carbons (Fsp3) is 0.238. The Morgan fingerprint density at radius 2 is 1.78 bits per heavy atom. The molecular formula is C21H16F3I3O8S. The Morgan fingerprint density at radius 3 is 2.33 bits per heavy atom. The van der Waals surface area contributed by atoms with Crippen LogP contribution in [0.1, 0.15) is 32.7 Å². The summed E-state index contributed by atoms with van der Waals surface area (Å²) in [5.41, 5.74) is 0.283. The van der Waals surface area contributed by atoms with Crippen LogP contribution >= 0.6 is 67.8 Å². The summed E-state index contributed by atoms with van der Waals surface area (Å²) in [6, 6.07) is 6.10. The van der Waals surface area contributed by atoms with Gasteiger partial charge in [-0.2, -0.15) is 17.2 Å². The predicted molar refractivity (Wildman–Crippen MR) is 149 cm³/mol. The summed E-state index contributed by atoms with van der Waals surface area (Å²) < 4.78 is 87.4. The Labute approximate surface area is 245 Å². The highest BCUT2D eigenvalue weighted by atomic mass is 127. The molecule has 8 nitrogen and oxygen atoms in total. The molecule has 0 aliphatic rings. The molecule has 0 aliphatic carbocycles. The normalized spacial score (nSPS) is 12.6. The number of carbonyl (C=O) groups excluding carboxylic acids is 2. The van der Waals surface area contributed by atoms with Crippen LogP contribution in [-0.4, -0.2) is 50.1 Å². The lowest BCUT2D eigenvalue weighted by atomic mass is 10.1. The van der Waals surface area contributed by atoms with Gasteiger partial charge in [0.15, 0.2) is 6.17 Å². The number of hydrogen-bond acceptors (Lipinski definition) is 7. The molecule has 36 heavy (non-hydrogen) atoms. The van der Waals surface area contributed by atoms with E-state index in [1.165, 1.54) is 31.4 Å². The molecular weight excluding hydrogens is 850 g/mol. The lowest BCUT2D eigenvalue weighted by Crippen LogP contribution is -2.39.